The lowest BCUT2D eigenvalue weighted by molar-refractivity contribution is -0.122. The number of amides is 1. The molecular formula is C17H18FNO3. The molecule has 0 aromatic heterocycles. The fourth-order valence-corrected chi connectivity index (χ4v) is 1.94. The third kappa shape index (κ3) is 3.97. The average molecular weight is 303 g/mol. The molecule has 5 heteroatoms. The average Bonchev–Trinajstić information content (AvgIpc) is 2.54. The molecule has 0 heterocycles. The van der Waals surface area contributed by atoms with Crippen LogP contribution < -0.4 is 14.8 Å². The van der Waals surface area contributed by atoms with Gasteiger partial charge in [0.1, 0.15) is 5.75 Å². The molecule has 0 unspecified atom stereocenters. The molecule has 0 aliphatic rings. The number of ether oxygens (including phenoxy) is 2. The Hall–Kier alpha value is -2.56. The van der Waals surface area contributed by atoms with Gasteiger partial charge in [-0.05, 0) is 30.7 Å². The number of methoxy groups -OCH3 is 1. The zero-order chi connectivity index (χ0) is 15.9. The molecule has 2 aromatic rings. The SMILES string of the molecule is CC[C@H](Oc1ccccc1F)C(=O)Nc1cccc(OC)c1. The predicted molar refractivity (Wildman–Crippen MR) is 82.7 cm³/mol. The maximum absolute atomic E-state index is 13.6. The molecule has 0 aliphatic carbocycles. The zero-order valence-corrected chi connectivity index (χ0v) is 12.5. The molecule has 0 spiro atoms. The van der Waals surface area contributed by atoms with Crippen molar-refractivity contribution in [1.82, 2.24) is 0 Å². The van der Waals surface area contributed by atoms with Gasteiger partial charge in [0, 0.05) is 11.8 Å². The second-order valence-electron chi connectivity index (χ2n) is 4.67. The number of nitrogens with one attached hydrogen (secondary N) is 1. The Morgan fingerprint density at radius 3 is 2.68 bits per heavy atom. The van der Waals surface area contributed by atoms with Gasteiger partial charge >= 0.3 is 0 Å². The maximum atomic E-state index is 13.6. The topological polar surface area (TPSA) is 47.6 Å². The first-order valence-corrected chi connectivity index (χ1v) is 7.00. The Morgan fingerprint density at radius 2 is 2.00 bits per heavy atom. The van der Waals surface area contributed by atoms with Crippen LogP contribution in [0.15, 0.2) is 48.5 Å². The van der Waals surface area contributed by atoms with Gasteiger partial charge in [-0.1, -0.05) is 25.1 Å². The number of hydrogen-bond donors (Lipinski definition) is 1. The lowest BCUT2D eigenvalue weighted by Gasteiger charge is -2.17. The highest BCUT2D eigenvalue weighted by Gasteiger charge is 2.20. The predicted octanol–water partition coefficient (Wildman–Crippen LogP) is 3.63. The van der Waals surface area contributed by atoms with E-state index in [9.17, 15) is 9.18 Å². The lowest BCUT2D eigenvalue weighted by Crippen LogP contribution is -2.32. The molecule has 0 radical (unpaired) electrons. The summed E-state index contributed by atoms with van der Waals surface area (Å²) in [6.07, 6.45) is -0.354. The van der Waals surface area contributed by atoms with Crippen molar-refractivity contribution in [3.05, 3.63) is 54.3 Å². The van der Waals surface area contributed by atoms with Crippen LogP contribution in [0.5, 0.6) is 11.5 Å². The number of para-hydroxylation sites is 1. The minimum Gasteiger partial charge on any atom is -0.497 e. The largest absolute Gasteiger partial charge is 0.497 e. The quantitative estimate of drug-likeness (QED) is 0.886. The molecule has 0 bridgehead atoms. The first kappa shape index (κ1) is 15.8. The van der Waals surface area contributed by atoms with E-state index in [1.165, 1.54) is 12.1 Å². The van der Waals surface area contributed by atoms with E-state index in [1.807, 2.05) is 0 Å². The molecule has 1 N–H and O–H groups in total. The van der Waals surface area contributed by atoms with Crippen molar-refractivity contribution in [3.8, 4) is 11.5 Å². The van der Waals surface area contributed by atoms with E-state index in [0.29, 0.717) is 17.9 Å². The van der Waals surface area contributed by atoms with Gasteiger partial charge in [0.05, 0.1) is 7.11 Å². The summed E-state index contributed by atoms with van der Waals surface area (Å²) in [5.74, 6) is -0.120. The molecule has 116 valence electrons. The van der Waals surface area contributed by atoms with Crippen molar-refractivity contribution in [3.63, 3.8) is 0 Å². The number of carbonyl (C=O) groups is 1. The number of carbonyl (C=O) groups excluding carboxylic acids is 1. The Kier molecular flexibility index (Phi) is 5.36. The molecule has 22 heavy (non-hydrogen) atoms. The van der Waals surface area contributed by atoms with Crippen molar-refractivity contribution in [1.29, 1.82) is 0 Å². The number of anilines is 1. The van der Waals surface area contributed by atoms with Crippen LogP contribution in [0, 0.1) is 5.82 Å². The third-order valence-corrected chi connectivity index (χ3v) is 3.11. The van der Waals surface area contributed by atoms with E-state index < -0.39 is 11.9 Å². The van der Waals surface area contributed by atoms with Gasteiger partial charge in [-0.25, -0.2) is 4.39 Å². The van der Waals surface area contributed by atoms with Crippen LogP contribution in [-0.4, -0.2) is 19.1 Å². The van der Waals surface area contributed by atoms with Crippen molar-refractivity contribution in [2.45, 2.75) is 19.4 Å². The molecule has 0 saturated carbocycles. The summed E-state index contributed by atoms with van der Waals surface area (Å²) < 4.78 is 24.2. The maximum Gasteiger partial charge on any atom is 0.265 e. The highest BCUT2D eigenvalue weighted by Crippen LogP contribution is 2.20. The van der Waals surface area contributed by atoms with Crippen LogP contribution in [-0.2, 0) is 4.79 Å². The van der Waals surface area contributed by atoms with Crippen molar-refractivity contribution in [2.24, 2.45) is 0 Å². The van der Waals surface area contributed by atoms with Gasteiger partial charge in [0.2, 0.25) is 0 Å². The van der Waals surface area contributed by atoms with Crippen molar-refractivity contribution in [2.75, 3.05) is 12.4 Å². The molecule has 2 rings (SSSR count). The van der Waals surface area contributed by atoms with E-state index in [1.54, 1.807) is 50.4 Å². The van der Waals surface area contributed by atoms with Crippen LogP contribution in [0.1, 0.15) is 13.3 Å². The Balaban J connectivity index is 2.07. The summed E-state index contributed by atoms with van der Waals surface area (Å²) in [6, 6.07) is 13.0. The molecule has 0 fully saturated rings. The second-order valence-corrected chi connectivity index (χ2v) is 4.67. The van der Waals surface area contributed by atoms with Gasteiger partial charge in [-0.3, -0.25) is 4.79 Å². The van der Waals surface area contributed by atoms with Crippen LogP contribution in [0.3, 0.4) is 0 Å². The van der Waals surface area contributed by atoms with Crippen LogP contribution in [0.2, 0.25) is 0 Å². The minimum atomic E-state index is -0.775. The van der Waals surface area contributed by atoms with Crippen molar-refractivity contribution >= 4 is 11.6 Å². The fraction of sp³-hybridized carbons (Fsp3) is 0.235. The Labute approximate surface area is 128 Å². The highest BCUT2D eigenvalue weighted by molar-refractivity contribution is 5.94. The summed E-state index contributed by atoms with van der Waals surface area (Å²) in [6.45, 7) is 1.80. The summed E-state index contributed by atoms with van der Waals surface area (Å²) in [5, 5.41) is 2.74. The number of rotatable bonds is 6. The summed E-state index contributed by atoms with van der Waals surface area (Å²) >= 11 is 0. The zero-order valence-electron chi connectivity index (χ0n) is 12.5. The van der Waals surface area contributed by atoms with Gasteiger partial charge in [-0.15, -0.1) is 0 Å². The van der Waals surface area contributed by atoms with Crippen LogP contribution in [0.4, 0.5) is 10.1 Å². The molecule has 2 aromatic carbocycles. The van der Waals surface area contributed by atoms with E-state index in [-0.39, 0.29) is 11.7 Å². The smallest absolute Gasteiger partial charge is 0.265 e. The van der Waals surface area contributed by atoms with E-state index in [2.05, 4.69) is 5.32 Å². The number of hydrogen-bond acceptors (Lipinski definition) is 3. The van der Waals surface area contributed by atoms with E-state index >= 15 is 0 Å². The molecule has 0 aliphatic heterocycles. The minimum absolute atomic E-state index is 0.0649. The summed E-state index contributed by atoms with van der Waals surface area (Å²) in [5.41, 5.74) is 0.597. The molecular weight excluding hydrogens is 285 g/mol. The number of halogens is 1. The van der Waals surface area contributed by atoms with Gasteiger partial charge < -0.3 is 14.8 Å². The first-order valence-electron chi connectivity index (χ1n) is 7.00. The molecule has 4 nitrogen and oxygen atoms in total. The highest BCUT2D eigenvalue weighted by atomic mass is 19.1. The first-order chi connectivity index (χ1) is 10.6. The number of benzene rings is 2. The second kappa shape index (κ2) is 7.45. The normalized spacial score (nSPS) is 11.6. The van der Waals surface area contributed by atoms with E-state index in [0.717, 1.165) is 0 Å². The van der Waals surface area contributed by atoms with Crippen molar-refractivity contribution < 1.29 is 18.7 Å². The third-order valence-electron chi connectivity index (χ3n) is 3.11. The molecule has 1 amide bonds. The molecule has 1 atom stereocenters. The standard InChI is InChI=1S/C17H18FNO3/c1-3-15(22-16-10-5-4-9-14(16)18)17(20)19-12-7-6-8-13(11-12)21-2/h4-11,15H,3H2,1-2H3,(H,19,20)/t15-/m0/s1. The van der Waals surface area contributed by atoms with Crippen LogP contribution in [0.25, 0.3) is 0 Å². The van der Waals surface area contributed by atoms with Gasteiger partial charge in [0.25, 0.3) is 5.91 Å². The lowest BCUT2D eigenvalue weighted by atomic mass is 10.2. The monoisotopic (exact) mass is 303 g/mol. The van der Waals surface area contributed by atoms with E-state index in [4.69, 9.17) is 9.47 Å². The van der Waals surface area contributed by atoms with Gasteiger partial charge in [0.15, 0.2) is 17.7 Å². The van der Waals surface area contributed by atoms with Crippen LogP contribution >= 0.6 is 0 Å². The molecule has 0 saturated heterocycles. The van der Waals surface area contributed by atoms with Gasteiger partial charge in [-0.2, -0.15) is 0 Å². The fourth-order valence-electron chi connectivity index (χ4n) is 1.94. The Morgan fingerprint density at radius 1 is 1.23 bits per heavy atom. The summed E-state index contributed by atoms with van der Waals surface area (Å²) in [7, 11) is 1.55. The summed E-state index contributed by atoms with van der Waals surface area (Å²) in [4.78, 5) is 12.3. The Bertz CT molecular complexity index is 645.